The van der Waals surface area contributed by atoms with Crippen molar-refractivity contribution in [3.8, 4) is 0 Å². The molecule has 3 aliphatic rings. The van der Waals surface area contributed by atoms with Gasteiger partial charge in [-0.25, -0.2) is 0 Å². The summed E-state index contributed by atoms with van der Waals surface area (Å²) in [4.78, 5) is 21.7. The second-order valence-electron chi connectivity index (χ2n) is 6.07. The Morgan fingerprint density at radius 2 is 2.06 bits per heavy atom. The largest absolute Gasteiger partial charge is 0.481 e. The van der Waals surface area contributed by atoms with Gasteiger partial charge < -0.3 is 10.4 Å². The van der Waals surface area contributed by atoms with Gasteiger partial charge in [0, 0.05) is 6.54 Å². The molecule has 0 aromatic rings. The summed E-state index contributed by atoms with van der Waals surface area (Å²) in [7, 11) is 0. The predicted octanol–water partition coefficient (Wildman–Crippen LogP) is 1.65. The summed E-state index contributed by atoms with van der Waals surface area (Å²) in [6.45, 7) is 5.28. The van der Waals surface area contributed by atoms with Crippen LogP contribution in [0, 0.1) is 23.2 Å². The van der Waals surface area contributed by atoms with E-state index >= 15 is 0 Å². The summed E-state index contributed by atoms with van der Waals surface area (Å²) < 4.78 is 0. The molecule has 0 saturated heterocycles. The first-order valence-electron chi connectivity index (χ1n) is 6.39. The van der Waals surface area contributed by atoms with Crippen LogP contribution in [0.5, 0.6) is 0 Å². The van der Waals surface area contributed by atoms with Gasteiger partial charge in [0.15, 0.2) is 0 Å². The number of carboxylic acid groups (broad SMARTS) is 1. The lowest BCUT2D eigenvalue weighted by atomic mass is 9.45. The van der Waals surface area contributed by atoms with Gasteiger partial charge in [-0.15, -0.1) is 0 Å². The van der Waals surface area contributed by atoms with Crippen molar-refractivity contribution in [1.29, 1.82) is 0 Å². The molecule has 0 aromatic carbocycles. The maximum atomic E-state index is 11.3. The quantitative estimate of drug-likeness (QED) is 0.733. The third-order valence-electron chi connectivity index (χ3n) is 4.87. The molecule has 17 heavy (non-hydrogen) atoms. The van der Waals surface area contributed by atoms with E-state index in [-0.39, 0.29) is 5.91 Å². The minimum Gasteiger partial charge on any atom is -0.481 e. The van der Waals surface area contributed by atoms with Crippen LogP contribution in [0.4, 0.5) is 0 Å². The molecule has 2 bridgehead atoms. The number of carbonyl (C=O) groups is 2. The van der Waals surface area contributed by atoms with Crippen molar-refractivity contribution >= 4 is 11.9 Å². The van der Waals surface area contributed by atoms with E-state index in [0.717, 1.165) is 5.92 Å². The number of hydrogen-bond donors (Lipinski definition) is 2. The minimum atomic E-state index is -1.06. The molecule has 3 saturated carbocycles. The molecule has 3 rings (SSSR count). The van der Waals surface area contributed by atoms with Gasteiger partial charge >= 0.3 is 5.97 Å². The van der Waals surface area contributed by atoms with Crippen LogP contribution in [0.2, 0.25) is 0 Å². The van der Waals surface area contributed by atoms with Gasteiger partial charge in [0.05, 0.1) is 0 Å². The van der Waals surface area contributed by atoms with Crippen LogP contribution < -0.4 is 5.32 Å². The third-order valence-corrected chi connectivity index (χ3v) is 4.87. The topological polar surface area (TPSA) is 66.4 Å². The van der Waals surface area contributed by atoms with Gasteiger partial charge in [0.2, 0.25) is 5.91 Å². The van der Waals surface area contributed by atoms with Crippen molar-refractivity contribution in [2.45, 2.75) is 39.5 Å². The lowest BCUT2D eigenvalue weighted by Gasteiger charge is -2.60. The van der Waals surface area contributed by atoms with Crippen LogP contribution in [-0.2, 0) is 9.59 Å². The third kappa shape index (κ3) is 2.31. The predicted molar refractivity (Wildman–Crippen MR) is 63.4 cm³/mol. The molecule has 0 radical (unpaired) electrons. The lowest BCUT2D eigenvalue weighted by molar-refractivity contribution is -0.141. The highest BCUT2D eigenvalue weighted by atomic mass is 16.4. The van der Waals surface area contributed by atoms with Crippen LogP contribution in [0.25, 0.3) is 0 Å². The Labute approximate surface area is 102 Å². The van der Waals surface area contributed by atoms with Crippen LogP contribution in [0.15, 0.2) is 0 Å². The molecule has 1 amide bonds. The van der Waals surface area contributed by atoms with Crippen molar-refractivity contribution in [1.82, 2.24) is 5.32 Å². The molecule has 0 aromatic heterocycles. The molecule has 4 nitrogen and oxygen atoms in total. The van der Waals surface area contributed by atoms with Gasteiger partial charge in [-0.3, -0.25) is 9.59 Å². The van der Waals surface area contributed by atoms with E-state index in [2.05, 4.69) is 19.2 Å². The van der Waals surface area contributed by atoms with Gasteiger partial charge in [0.25, 0.3) is 0 Å². The highest BCUT2D eigenvalue weighted by molar-refractivity contribution is 5.93. The summed E-state index contributed by atoms with van der Waals surface area (Å²) in [6, 6.07) is 0. The Bertz CT molecular complexity index is 336. The standard InChI is InChI=1S/C13H21NO3/c1-13(2)9-4-3-8(10(13)5-9)7-14-11(15)6-12(16)17/h8-10H,3-7H2,1-2H3,(H,14,15)(H,16,17). The van der Waals surface area contributed by atoms with E-state index in [4.69, 9.17) is 5.11 Å². The number of aliphatic carboxylic acids is 1. The monoisotopic (exact) mass is 239 g/mol. The number of hydrogen-bond acceptors (Lipinski definition) is 2. The van der Waals surface area contributed by atoms with Crippen molar-refractivity contribution < 1.29 is 14.7 Å². The molecular weight excluding hydrogens is 218 g/mol. The zero-order valence-electron chi connectivity index (χ0n) is 10.5. The summed E-state index contributed by atoms with van der Waals surface area (Å²) in [5, 5.41) is 11.3. The maximum absolute atomic E-state index is 11.3. The van der Waals surface area contributed by atoms with Gasteiger partial charge in [-0.2, -0.15) is 0 Å². The van der Waals surface area contributed by atoms with E-state index in [1.165, 1.54) is 19.3 Å². The van der Waals surface area contributed by atoms with E-state index in [1.54, 1.807) is 0 Å². The van der Waals surface area contributed by atoms with Crippen LogP contribution in [0.3, 0.4) is 0 Å². The van der Waals surface area contributed by atoms with E-state index in [9.17, 15) is 9.59 Å². The van der Waals surface area contributed by atoms with Gasteiger partial charge in [-0.05, 0) is 42.4 Å². The smallest absolute Gasteiger partial charge is 0.312 e. The zero-order valence-corrected chi connectivity index (χ0v) is 10.5. The molecule has 3 fully saturated rings. The number of rotatable bonds is 4. The first-order chi connectivity index (χ1) is 7.91. The van der Waals surface area contributed by atoms with Crippen molar-refractivity contribution in [2.75, 3.05) is 6.54 Å². The normalized spacial score (nSPS) is 33.6. The number of fused-ring (bicyclic) bond motifs is 2. The number of nitrogens with one attached hydrogen (secondary N) is 1. The maximum Gasteiger partial charge on any atom is 0.312 e. The molecule has 0 heterocycles. The molecule has 96 valence electrons. The molecule has 0 spiro atoms. The summed E-state index contributed by atoms with van der Waals surface area (Å²) in [5.74, 6) is 0.671. The number of amides is 1. The van der Waals surface area contributed by atoms with Crippen LogP contribution in [-0.4, -0.2) is 23.5 Å². The first-order valence-corrected chi connectivity index (χ1v) is 6.39. The fraction of sp³-hybridized carbons (Fsp3) is 0.846. The van der Waals surface area contributed by atoms with Crippen LogP contribution in [0.1, 0.15) is 39.5 Å². The van der Waals surface area contributed by atoms with Crippen LogP contribution >= 0.6 is 0 Å². The molecule has 3 aliphatic carbocycles. The Hall–Kier alpha value is -1.06. The fourth-order valence-corrected chi connectivity index (χ4v) is 3.65. The SMILES string of the molecule is CC1(C)C2CCC(CNC(=O)CC(=O)O)C1C2. The number of carboxylic acids is 1. The Morgan fingerprint density at radius 1 is 1.35 bits per heavy atom. The van der Waals surface area contributed by atoms with Crippen molar-refractivity contribution in [3.63, 3.8) is 0 Å². The second kappa shape index (κ2) is 4.31. The molecule has 3 atom stereocenters. The van der Waals surface area contributed by atoms with E-state index in [1.807, 2.05) is 0 Å². The summed E-state index contributed by atoms with van der Waals surface area (Å²) in [5.41, 5.74) is 0.417. The van der Waals surface area contributed by atoms with E-state index < -0.39 is 12.4 Å². The highest BCUT2D eigenvalue weighted by Crippen LogP contribution is 2.61. The van der Waals surface area contributed by atoms with Crippen molar-refractivity contribution in [2.24, 2.45) is 23.2 Å². The fourth-order valence-electron chi connectivity index (χ4n) is 3.65. The molecule has 2 N–H and O–H groups in total. The summed E-state index contributed by atoms with van der Waals surface area (Å²) >= 11 is 0. The second-order valence-corrected chi connectivity index (χ2v) is 6.07. The lowest BCUT2D eigenvalue weighted by Crippen LogP contribution is -2.54. The number of carbonyl (C=O) groups excluding carboxylic acids is 1. The highest BCUT2D eigenvalue weighted by Gasteiger charge is 2.53. The molecule has 0 aliphatic heterocycles. The Kier molecular flexibility index (Phi) is 3.15. The average molecular weight is 239 g/mol. The average Bonchev–Trinajstić information content (AvgIpc) is 2.25. The molecule has 4 heteroatoms. The van der Waals surface area contributed by atoms with E-state index in [0.29, 0.717) is 23.8 Å². The molecular formula is C13H21NO3. The zero-order chi connectivity index (χ0) is 12.6. The Balaban J connectivity index is 1.80. The van der Waals surface area contributed by atoms with Crippen molar-refractivity contribution in [3.05, 3.63) is 0 Å². The van der Waals surface area contributed by atoms with Gasteiger partial charge in [-0.1, -0.05) is 13.8 Å². The molecule has 3 unspecified atom stereocenters. The Morgan fingerprint density at radius 3 is 2.59 bits per heavy atom. The first kappa shape index (κ1) is 12.4. The van der Waals surface area contributed by atoms with Gasteiger partial charge in [0.1, 0.15) is 6.42 Å². The minimum absolute atomic E-state index is 0.364. The summed E-state index contributed by atoms with van der Waals surface area (Å²) in [6.07, 6.45) is 3.30.